The van der Waals surface area contributed by atoms with Crippen molar-refractivity contribution in [2.45, 2.75) is 31.7 Å². The molecule has 5 nitrogen and oxygen atoms in total. The molecule has 1 rings (SSSR count). The van der Waals surface area contributed by atoms with Gasteiger partial charge >= 0.3 is 0 Å². The summed E-state index contributed by atoms with van der Waals surface area (Å²) in [5.74, 6) is 0. The van der Waals surface area contributed by atoms with Gasteiger partial charge in [0.25, 0.3) is 0 Å². The van der Waals surface area contributed by atoms with Crippen LogP contribution in [0, 0.1) is 0 Å². The van der Waals surface area contributed by atoms with Crippen molar-refractivity contribution in [3.05, 3.63) is 35.4 Å². The molecule has 0 amide bonds. The molecule has 106 valence electrons. The number of hydrogen-bond acceptors (Lipinski definition) is 5. The highest BCUT2D eigenvalue weighted by Gasteiger charge is 2.22. The van der Waals surface area contributed by atoms with Crippen LogP contribution < -0.4 is 5.73 Å². The maximum absolute atomic E-state index is 9.12. The summed E-state index contributed by atoms with van der Waals surface area (Å²) in [6, 6.07) is 7.66. The molecular weight excluding hydrogens is 244 g/mol. The van der Waals surface area contributed by atoms with E-state index in [1.54, 1.807) is 0 Å². The van der Waals surface area contributed by atoms with Crippen LogP contribution in [-0.2, 0) is 6.42 Å². The number of aryl methyl sites for hydroxylation is 1. The maximum atomic E-state index is 9.12. The van der Waals surface area contributed by atoms with Crippen LogP contribution in [0.15, 0.2) is 29.4 Å². The first-order valence-electron chi connectivity index (χ1n) is 6.39. The molecule has 0 saturated heterocycles. The van der Waals surface area contributed by atoms with Gasteiger partial charge in [-0.3, -0.25) is 0 Å². The molecule has 0 saturated carbocycles. The van der Waals surface area contributed by atoms with E-state index in [4.69, 9.17) is 21.2 Å². The van der Waals surface area contributed by atoms with E-state index in [0.717, 1.165) is 11.1 Å². The van der Waals surface area contributed by atoms with Gasteiger partial charge in [0, 0.05) is 0 Å². The summed E-state index contributed by atoms with van der Waals surface area (Å²) < 4.78 is 0. The number of rotatable bonds is 7. The summed E-state index contributed by atoms with van der Waals surface area (Å²) in [7, 11) is 0. The first-order chi connectivity index (χ1) is 9.08. The van der Waals surface area contributed by atoms with Crippen LogP contribution in [0.5, 0.6) is 0 Å². The molecule has 1 aromatic rings. The Morgan fingerprint density at radius 1 is 1.21 bits per heavy atom. The fourth-order valence-electron chi connectivity index (χ4n) is 1.80. The van der Waals surface area contributed by atoms with Crippen molar-refractivity contribution in [1.29, 1.82) is 0 Å². The lowest BCUT2D eigenvalue weighted by Crippen LogP contribution is -2.47. The first-order valence-corrected chi connectivity index (χ1v) is 6.39. The molecule has 5 heteroatoms. The number of aliphatic hydroxyl groups is 2. The lowest BCUT2D eigenvalue weighted by molar-refractivity contribution is 0.115. The summed E-state index contributed by atoms with van der Waals surface area (Å²) in [5, 5.41) is 30.3. The lowest BCUT2D eigenvalue weighted by Gasteiger charge is -2.24. The number of hydrogen-bond donors (Lipinski definition) is 4. The van der Waals surface area contributed by atoms with Gasteiger partial charge in [-0.2, -0.15) is 0 Å². The fraction of sp³-hybridized carbons (Fsp3) is 0.500. The predicted molar refractivity (Wildman–Crippen MR) is 74.5 cm³/mol. The van der Waals surface area contributed by atoms with Crippen LogP contribution in [-0.4, -0.2) is 39.9 Å². The summed E-state index contributed by atoms with van der Waals surface area (Å²) >= 11 is 0. The van der Waals surface area contributed by atoms with E-state index in [1.807, 2.05) is 31.2 Å². The zero-order chi connectivity index (χ0) is 14.3. The van der Waals surface area contributed by atoms with Crippen molar-refractivity contribution in [3.8, 4) is 0 Å². The van der Waals surface area contributed by atoms with Gasteiger partial charge in [0.05, 0.1) is 24.5 Å². The van der Waals surface area contributed by atoms with Crippen LogP contribution in [0.1, 0.15) is 30.9 Å². The van der Waals surface area contributed by atoms with E-state index in [2.05, 4.69) is 5.16 Å². The Labute approximate surface area is 113 Å². The Bertz CT molecular complexity index is 411. The Hall–Kier alpha value is -1.43. The zero-order valence-corrected chi connectivity index (χ0v) is 11.2. The fourth-order valence-corrected chi connectivity index (χ4v) is 1.80. The number of nitrogens with two attached hydrogens (primary N) is 1. The van der Waals surface area contributed by atoms with Gasteiger partial charge in [-0.05, 0) is 30.4 Å². The Morgan fingerprint density at radius 2 is 1.79 bits per heavy atom. The molecule has 0 bridgehead atoms. The second-order valence-electron chi connectivity index (χ2n) is 4.78. The Morgan fingerprint density at radius 3 is 2.21 bits per heavy atom. The highest BCUT2D eigenvalue weighted by atomic mass is 16.4. The van der Waals surface area contributed by atoms with E-state index in [-0.39, 0.29) is 13.2 Å². The van der Waals surface area contributed by atoms with Gasteiger partial charge in [-0.1, -0.05) is 36.3 Å². The van der Waals surface area contributed by atoms with Crippen molar-refractivity contribution in [2.24, 2.45) is 10.9 Å². The Balaban J connectivity index is 2.68. The van der Waals surface area contributed by atoms with E-state index in [9.17, 15) is 0 Å². The summed E-state index contributed by atoms with van der Waals surface area (Å²) in [6.45, 7) is 1.45. The van der Waals surface area contributed by atoms with Crippen molar-refractivity contribution in [3.63, 3.8) is 0 Å². The third kappa shape index (κ3) is 4.31. The standard InChI is InChI=1S/C14H22N2O3/c1-2-13(16-19)12-5-3-11(4-6-12)7-8-14(15,9-17)10-18/h3-6,17-19H,2,7-10,15H2,1H3. The van der Waals surface area contributed by atoms with Gasteiger partial charge in [0.2, 0.25) is 0 Å². The second-order valence-corrected chi connectivity index (χ2v) is 4.78. The van der Waals surface area contributed by atoms with Crippen molar-refractivity contribution in [2.75, 3.05) is 13.2 Å². The largest absolute Gasteiger partial charge is 0.411 e. The minimum atomic E-state index is -0.931. The van der Waals surface area contributed by atoms with Crippen LogP contribution in [0.2, 0.25) is 0 Å². The molecule has 1 aromatic carbocycles. The highest BCUT2D eigenvalue weighted by molar-refractivity contribution is 5.99. The number of aliphatic hydroxyl groups excluding tert-OH is 2. The molecule has 0 aliphatic rings. The highest BCUT2D eigenvalue weighted by Crippen LogP contribution is 2.13. The van der Waals surface area contributed by atoms with Crippen molar-refractivity contribution < 1.29 is 15.4 Å². The number of oxime groups is 1. The maximum Gasteiger partial charge on any atom is 0.0865 e. The number of nitrogens with zero attached hydrogens (tertiary/aromatic N) is 1. The topological polar surface area (TPSA) is 99.1 Å². The first kappa shape index (κ1) is 15.6. The summed E-state index contributed by atoms with van der Waals surface area (Å²) in [5.41, 5.74) is 7.48. The van der Waals surface area contributed by atoms with E-state index < -0.39 is 5.54 Å². The van der Waals surface area contributed by atoms with E-state index in [1.165, 1.54) is 0 Å². The molecule has 0 heterocycles. The SMILES string of the molecule is CCC(=NO)c1ccc(CCC(N)(CO)CO)cc1. The molecule has 0 fully saturated rings. The molecule has 0 aromatic heterocycles. The summed E-state index contributed by atoms with van der Waals surface area (Å²) in [6.07, 6.45) is 1.85. The molecule has 19 heavy (non-hydrogen) atoms. The molecule has 5 N–H and O–H groups in total. The normalized spacial score (nSPS) is 12.7. The molecule has 0 aliphatic carbocycles. The third-order valence-electron chi connectivity index (χ3n) is 3.28. The van der Waals surface area contributed by atoms with Crippen molar-refractivity contribution in [1.82, 2.24) is 0 Å². The predicted octanol–water partition coefficient (Wildman–Crippen LogP) is 0.890. The zero-order valence-electron chi connectivity index (χ0n) is 11.2. The smallest absolute Gasteiger partial charge is 0.0865 e. The van der Waals surface area contributed by atoms with Gasteiger partial charge < -0.3 is 21.2 Å². The van der Waals surface area contributed by atoms with Crippen LogP contribution in [0.4, 0.5) is 0 Å². The van der Waals surface area contributed by atoms with Gasteiger partial charge in [0.1, 0.15) is 0 Å². The average Bonchev–Trinajstić information content (AvgIpc) is 2.47. The summed E-state index contributed by atoms with van der Waals surface area (Å²) in [4.78, 5) is 0. The minimum Gasteiger partial charge on any atom is -0.411 e. The van der Waals surface area contributed by atoms with Crippen LogP contribution >= 0.6 is 0 Å². The Kier molecular flexibility index (Phi) is 5.95. The van der Waals surface area contributed by atoms with Crippen molar-refractivity contribution >= 4 is 5.71 Å². The van der Waals surface area contributed by atoms with E-state index >= 15 is 0 Å². The monoisotopic (exact) mass is 266 g/mol. The molecular formula is C14H22N2O3. The lowest BCUT2D eigenvalue weighted by atomic mass is 9.93. The second kappa shape index (κ2) is 7.23. The molecule has 0 radical (unpaired) electrons. The van der Waals surface area contributed by atoms with Crippen LogP contribution in [0.3, 0.4) is 0 Å². The number of benzene rings is 1. The van der Waals surface area contributed by atoms with Crippen LogP contribution in [0.25, 0.3) is 0 Å². The molecule has 0 spiro atoms. The molecule has 0 aliphatic heterocycles. The quantitative estimate of drug-likeness (QED) is 0.334. The van der Waals surface area contributed by atoms with Gasteiger partial charge in [-0.15, -0.1) is 0 Å². The molecule has 0 atom stereocenters. The van der Waals surface area contributed by atoms with Gasteiger partial charge in [-0.25, -0.2) is 0 Å². The minimum absolute atomic E-state index is 0.237. The average molecular weight is 266 g/mol. The third-order valence-corrected chi connectivity index (χ3v) is 3.28. The molecule has 0 unspecified atom stereocenters. The van der Waals surface area contributed by atoms with E-state index in [0.29, 0.717) is 25.0 Å². The van der Waals surface area contributed by atoms with Gasteiger partial charge in [0.15, 0.2) is 0 Å².